The first-order chi connectivity index (χ1) is 7.84. The lowest BCUT2D eigenvalue weighted by molar-refractivity contribution is -0.137. The van der Waals surface area contributed by atoms with E-state index in [9.17, 15) is 9.59 Å². The molecule has 0 aliphatic heterocycles. The molecule has 0 unspecified atom stereocenters. The first-order valence-electron chi connectivity index (χ1n) is 6.00. The molecule has 0 aliphatic rings. The first-order valence-corrected chi connectivity index (χ1v) is 6.00. The Balaban J connectivity index is 3.93. The highest BCUT2D eigenvalue weighted by molar-refractivity contribution is 5.75. The second kappa shape index (κ2) is 8.06. The van der Waals surface area contributed by atoms with Gasteiger partial charge in [-0.25, -0.2) is 0 Å². The summed E-state index contributed by atoms with van der Waals surface area (Å²) in [6.07, 6.45) is 1.44. The van der Waals surface area contributed by atoms with Crippen LogP contribution in [0.25, 0.3) is 0 Å². The second-order valence-electron chi connectivity index (χ2n) is 4.67. The highest BCUT2D eigenvalue weighted by atomic mass is 16.4. The highest BCUT2D eigenvalue weighted by Gasteiger charge is 2.12. The maximum atomic E-state index is 11.4. The molecule has 0 rings (SSSR count). The minimum atomic E-state index is -0.778. The Bertz CT molecular complexity index is 252. The number of hydrogen-bond acceptors (Lipinski definition) is 3. The van der Waals surface area contributed by atoms with Crippen molar-refractivity contribution in [2.24, 2.45) is 0 Å². The Morgan fingerprint density at radius 2 is 1.71 bits per heavy atom. The van der Waals surface area contributed by atoms with Crippen molar-refractivity contribution in [1.29, 1.82) is 0 Å². The molecule has 1 amide bonds. The van der Waals surface area contributed by atoms with E-state index in [2.05, 4.69) is 4.90 Å². The van der Waals surface area contributed by atoms with Gasteiger partial charge in [-0.05, 0) is 26.8 Å². The van der Waals surface area contributed by atoms with Gasteiger partial charge in [0.25, 0.3) is 0 Å². The van der Waals surface area contributed by atoms with Crippen LogP contribution < -0.4 is 0 Å². The van der Waals surface area contributed by atoms with Crippen LogP contribution in [0.4, 0.5) is 0 Å². The molecule has 0 fully saturated rings. The molecule has 0 spiro atoms. The molecule has 17 heavy (non-hydrogen) atoms. The third kappa shape index (κ3) is 7.74. The molecule has 0 aromatic heterocycles. The summed E-state index contributed by atoms with van der Waals surface area (Å²) in [5, 5.41) is 8.64. The molecule has 0 aliphatic carbocycles. The minimum absolute atomic E-state index is 0.118. The average molecular weight is 244 g/mol. The van der Waals surface area contributed by atoms with Gasteiger partial charge in [0.2, 0.25) is 5.91 Å². The third-order valence-electron chi connectivity index (χ3n) is 2.68. The summed E-state index contributed by atoms with van der Waals surface area (Å²) in [6, 6.07) is 0.309. The lowest BCUT2D eigenvalue weighted by Crippen LogP contribution is -2.34. The second-order valence-corrected chi connectivity index (χ2v) is 4.67. The number of aliphatic carboxylic acids is 1. The number of carbonyl (C=O) groups excluding carboxylic acids is 1. The van der Waals surface area contributed by atoms with Crippen molar-refractivity contribution in [2.45, 2.75) is 39.2 Å². The molecular weight excluding hydrogens is 220 g/mol. The van der Waals surface area contributed by atoms with Crippen LogP contribution in [0.5, 0.6) is 0 Å². The van der Waals surface area contributed by atoms with Gasteiger partial charge in [0.15, 0.2) is 0 Å². The molecule has 5 nitrogen and oxygen atoms in total. The Kier molecular flexibility index (Phi) is 7.54. The first kappa shape index (κ1) is 15.9. The van der Waals surface area contributed by atoms with E-state index in [-0.39, 0.29) is 12.3 Å². The lowest BCUT2D eigenvalue weighted by Gasteiger charge is -2.25. The fourth-order valence-corrected chi connectivity index (χ4v) is 1.52. The Labute approximate surface area is 103 Å². The van der Waals surface area contributed by atoms with Gasteiger partial charge in [-0.3, -0.25) is 9.59 Å². The molecule has 0 bridgehead atoms. The van der Waals surface area contributed by atoms with Crippen LogP contribution >= 0.6 is 0 Å². The minimum Gasteiger partial charge on any atom is -0.481 e. The topological polar surface area (TPSA) is 60.9 Å². The van der Waals surface area contributed by atoms with Gasteiger partial charge in [0, 0.05) is 33.1 Å². The largest absolute Gasteiger partial charge is 0.481 e. The van der Waals surface area contributed by atoms with Crippen molar-refractivity contribution in [3.05, 3.63) is 0 Å². The highest BCUT2D eigenvalue weighted by Crippen LogP contribution is 2.04. The van der Waals surface area contributed by atoms with Crippen molar-refractivity contribution in [3.8, 4) is 0 Å². The quantitative estimate of drug-likeness (QED) is 0.693. The number of carboxylic acids is 1. The smallest absolute Gasteiger partial charge is 0.304 e. The summed E-state index contributed by atoms with van der Waals surface area (Å²) in [6.45, 7) is 5.39. The zero-order valence-corrected chi connectivity index (χ0v) is 11.3. The van der Waals surface area contributed by atoms with Gasteiger partial charge in [-0.1, -0.05) is 0 Å². The summed E-state index contributed by atoms with van der Waals surface area (Å²) in [7, 11) is 3.49. The number of carbonyl (C=O) groups is 2. The van der Waals surface area contributed by atoms with Gasteiger partial charge < -0.3 is 14.9 Å². The normalized spacial score (nSPS) is 10.9. The van der Waals surface area contributed by atoms with Crippen molar-refractivity contribution >= 4 is 11.9 Å². The van der Waals surface area contributed by atoms with Gasteiger partial charge >= 0.3 is 5.97 Å². The van der Waals surface area contributed by atoms with Crippen LogP contribution in [-0.2, 0) is 9.59 Å². The van der Waals surface area contributed by atoms with E-state index in [1.54, 1.807) is 19.0 Å². The van der Waals surface area contributed by atoms with Crippen LogP contribution in [0, 0.1) is 0 Å². The summed E-state index contributed by atoms with van der Waals surface area (Å²) < 4.78 is 0. The predicted molar refractivity (Wildman–Crippen MR) is 66.9 cm³/mol. The zero-order chi connectivity index (χ0) is 13.4. The number of hydrogen-bond donors (Lipinski definition) is 1. The fraction of sp³-hybridized carbons (Fsp3) is 0.833. The average Bonchev–Trinajstić information content (AvgIpc) is 2.21. The maximum absolute atomic E-state index is 11.4. The Hall–Kier alpha value is -1.10. The van der Waals surface area contributed by atoms with E-state index in [1.807, 2.05) is 13.8 Å². The van der Waals surface area contributed by atoms with E-state index in [0.717, 1.165) is 13.0 Å². The van der Waals surface area contributed by atoms with Crippen LogP contribution in [0.1, 0.15) is 33.1 Å². The standard InChI is InChI=1S/C12H24N2O3/c1-10(2)14(9-7-12(16)17)8-5-6-11(15)13(3)4/h10H,5-9H2,1-4H3,(H,16,17). The van der Waals surface area contributed by atoms with Gasteiger partial charge in [0.05, 0.1) is 6.42 Å². The van der Waals surface area contributed by atoms with E-state index in [4.69, 9.17) is 5.11 Å². The molecule has 0 radical (unpaired) electrons. The monoisotopic (exact) mass is 244 g/mol. The van der Waals surface area contributed by atoms with Crippen LogP contribution in [-0.4, -0.2) is 60.0 Å². The van der Waals surface area contributed by atoms with Crippen molar-refractivity contribution < 1.29 is 14.7 Å². The van der Waals surface area contributed by atoms with Crippen LogP contribution in [0.15, 0.2) is 0 Å². The maximum Gasteiger partial charge on any atom is 0.304 e. The molecule has 0 aromatic rings. The summed E-state index contributed by atoms with van der Waals surface area (Å²) in [5.41, 5.74) is 0. The molecule has 0 aromatic carbocycles. The summed E-state index contributed by atoms with van der Waals surface area (Å²) in [5.74, 6) is -0.660. The predicted octanol–water partition coefficient (Wildman–Crippen LogP) is 1.04. The molecular formula is C12H24N2O3. The Morgan fingerprint density at radius 3 is 2.12 bits per heavy atom. The summed E-state index contributed by atoms with van der Waals surface area (Å²) >= 11 is 0. The summed E-state index contributed by atoms with van der Waals surface area (Å²) in [4.78, 5) is 25.6. The van der Waals surface area contributed by atoms with Crippen molar-refractivity contribution in [2.75, 3.05) is 27.2 Å². The van der Waals surface area contributed by atoms with E-state index in [0.29, 0.717) is 19.0 Å². The van der Waals surface area contributed by atoms with Gasteiger partial charge in [0.1, 0.15) is 0 Å². The SMILES string of the molecule is CC(C)N(CCCC(=O)N(C)C)CCC(=O)O. The molecule has 0 saturated carbocycles. The number of amides is 1. The Morgan fingerprint density at radius 1 is 1.12 bits per heavy atom. The lowest BCUT2D eigenvalue weighted by atomic mass is 10.2. The van der Waals surface area contributed by atoms with Crippen molar-refractivity contribution in [3.63, 3.8) is 0 Å². The molecule has 1 N–H and O–H groups in total. The van der Waals surface area contributed by atoms with Crippen LogP contribution in [0.2, 0.25) is 0 Å². The molecule has 0 heterocycles. The van der Waals surface area contributed by atoms with Gasteiger partial charge in [-0.2, -0.15) is 0 Å². The third-order valence-corrected chi connectivity index (χ3v) is 2.68. The number of carboxylic acid groups (broad SMARTS) is 1. The van der Waals surface area contributed by atoms with Crippen LogP contribution in [0.3, 0.4) is 0 Å². The molecule has 0 saturated heterocycles. The molecule has 5 heteroatoms. The van der Waals surface area contributed by atoms with E-state index < -0.39 is 5.97 Å². The number of nitrogens with zero attached hydrogens (tertiary/aromatic N) is 2. The molecule has 100 valence electrons. The van der Waals surface area contributed by atoms with Gasteiger partial charge in [-0.15, -0.1) is 0 Å². The fourth-order valence-electron chi connectivity index (χ4n) is 1.52. The van der Waals surface area contributed by atoms with E-state index in [1.165, 1.54) is 0 Å². The zero-order valence-electron chi connectivity index (χ0n) is 11.3. The van der Waals surface area contributed by atoms with E-state index >= 15 is 0 Å². The number of rotatable bonds is 8. The van der Waals surface area contributed by atoms with Crippen molar-refractivity contribution in [1.82, 2.24) is 9.80 Å². The molecule has 0 atom stereocenters.